The van der Waals surface area contributed by atoms with Crippen LogP contribution in [0.2, 0.25) is 0 Å². The average molecular weight is 489 g/mol. The molecular weight excluding hydrogens is 460 g/mol. The van der Waals surface area contributed by atoms with Crippen LogP contribution in [0.5, 0.6) is 17.5 Å². The molecule has 10 nitrogen and oxygen atoms in total. The maximum absolute atomic E-state index is 12.0. The molecule has 1 aliphatic rings. The normalized spacial score (nSPS) is 13.5. The number of aromatic nitrogens is 4. The van der Waals surface area contributed by atoms with E-state index in [9.17, 15) is 4.79 Å². The molecule has 1 amide bonds. The number of aromatic amines is 1. The van der Waals surface area contributed by atoms with Crippen LogP contribution in [0.1, 0.15) is 36.0 Å². The number of carbonyl (C=O) groups excluding carboxylic acids is 1. The van der Waals surface area contributed by atoms with Crippen LogP contribution in [0.4, 0.5) is 11.6 Å². The number of fused-ring (bicyclic) bond motifs is 1. The van der Waals surface area contributed by atoms with Crippen molar-refractivity contribution >= 4 is 28.6 Å². The van der Waals surface area contributed by atoms with Crippen LogP contribution in [0.25, 0.3) is 22.2 Å². The molecule has 5 rings (SSSR count). The van der Waals surface area contributed by atoms with E-state index in [0.29, 0.717) is 40.4 Å². The summed E-state index contributed by atoms with van der Waals surface area (Å²) in [5.74, 6) is 1.69. The highest BCUT2D eigenvalue weighted by Crippen LogP contribution is 2.37. The Bertz CT molecular complexity index is 1380. The van der Waals surface area contributed by atoms with E-state index in [1.807, 2.05) is 18.3 Å². The fraction of sp³-hybridized carbons (Fsp3) is 0.308. The number of methoxy groups -OCH3 is 2. The molecule has 0 unspecified atom stereocenters. The SMILES string of the molecule is CNC(=O)c1ccc(Nc2nc(OC3CCCC3)c3c(-c4ccc(OC)nc4)c[nH]c3n2)c(OC)c1. The van der Waals surface area contributed by atoms with Gasteiger partial charge in [-0.1, -0.05) is 0 Å². The maximum Gasteiger partial charge on any atom is 0.251 e. The van der Waals surface area contributed by atoms with E-state index in [0.717, 1.165) is 42.2 Å². The quantitative estimate of drug-likeness (QED) is 0.332. The standard InChI is InChI=1S/C26H28N6O4/c1-27-24(33)15-8-10-19(20(12-15)34-2)30-26-31-23-22(25(32-26)36-17-6-4-5-7-17)18(14-29-23)16-9-11-21(35-3)28-13-16/h8-14,17H,4-7H2,1-3H3,(H,27,33)(H2,29,30,31,32). The first-order valence-corrected chi connectivity index (χ1v) is 11.8. The Kier molecular flexibility index (Phi) is 6.57. The number of hydrogen-bond acceptors (Lipinski definition) is 8. The lowest BCUT2D eigenvalue weighted by Gasteiger charge is -2.16. The number of nitrogens with one attached hydrogen (secondary N) is 3. The van der Waals surface area contributed by atoms with Gasteiger partial charge in [0, 0.05) is 42.2 Å². The molecule has 1 saturated carbocycles. The van der Waals surface area contributed by atoms with Crippen molar-refractivity contribution in [1.82, 2.24) is 25.3 Å². The van der Waals surface area contributed by atoms with Crippen LogP contribution in [-0.2, 0) is 0 Å². The van der Waals surface area contributed by atoms with E-state index in [2.05, 4.69) is 20.6 Å². The summed E-state index contributed by atoms with van der Waals surface area (Å²) in [6, 6.07) is 8.90. The minimum absolute atomic E-state index is 0.106. The van der Waals surface area contributed by atoms with Crippen LogP contribution in [0, 0.1) is 0 Å². The zero-order chi connectivity index (χ0) is 25.1. The Morgan fingerprint density at radius 1 is 1.08 bits per heavy atom. The van der Waals surface area contributed by atoms with E-state index >= 15 is 0 Å². The summed E-state index contributed by atoms with van der Waals surface area (Å²) in [4.78, 5) is 29.1. The van der Waals surface area contributed by atoms with Crippen molar-refractivity contribution in [3.63, 3.8) is 0 Å². The Labute approximate surface area is 208 Å². The number of nitrogens with zero attached hydrogens (tertiary/aromatic N) is 3. The van der Waals surface area contributed by atoms with Gasteiger partial charge in [-0.05, 0) is 49.9 Å². The molecule has 10 heteroatoms. The summed E-state index contributed by atoms with van der Waals surface area (Å²) >= 11 is 0. The van der Waals surface area contributed by atoms with Gasteiger partial charge < -0.3 is 29.8 Å². The number of carbonyl (C=O) groups is 1. The molecule has 36 heavy (non-hydrogen) atoms. The second kappa shape index (κ2) is 10.1. The smallest absolute Gasteiger partial charge is 0.251 e. The summed E-state index contributed by atoms with van der Waals surface area (Å²) in [5, 5.41) is 6.63. The Hall–Kier alpha value is -4.34. The van der Waals surface area contributed by atoms with Gasteiger partial charge in [-0.3, -0.25) is 4.79 Å². The number of ether oxygens (including phenoxy) is 3. The molecule has 0 bridgehead atoms. The van der Waals surface area contributed by atoms with Gasteiger partial charge in [0.05, 0.1) is 25.3 Å². The average Bonchev–Trinajstić information content (AvgIpc) is 3.58. The summed E-state index contributed by atoms with van der Waals surface area (Å²) in [6.45, 7) is 0. The minimum Gasteiger partial charge on any atom is -0.495 e. The first-order chi connectivity index (χ1) is 17.6. The molecule has 186 valence electrons. The first-order valence-electron chi connectivity index (χ1n) is 11.8. The first kappa shape index (κ1) is 23.4. The Morgan fingerprint density at radius 3 is 2.61 bits per heavy atom. The third-order valence-corrected chi connectivity index (χ3v) is 6.27. The minimum atomic E-state index is -0.197. The van der Waals surface area contributed by atoms with Gasteiger partial charge in [0.1, 0.15) is 17.5 Å². The zero-order valence-corrected chi connectivity index (χ0v) is 20.4. The van der Waals surface area contributed by atoms with E-state index < -0.39 is 0 Å². The molecule has 1 aliphatic carbocycles. The number of pyridine rings is 1. The highest BCUT2D eigenvalue weighted by atomic mass is 16.5. The molecule has 1 aromatic carbocycles. The van der Waals surface area contributed by atoms with Crippen molar-refractivity contribution in [3.05, 3.63) is 48.3 Å². The Morgan fingerprint density at radius 2 is 1.92 bits per heavy atom. The lowest BCUT2D eigenvalue weighted by atomic mass is 10.1. The summed E-state index contributed by atoms with van der Waals surface area (Å²) < 4.78 is 17.1. The number of rotatable bonds is 8. The number of hydrogen-bond donors (Lipinski definition) is 3. The predicted octanol–water partition coefficient (Wildman–Crippen LogP) is 4.46. The third kappa shape index (κ3) is 4.61. The van der Waals surface area contributed by atoms with Crippen molar-refractivity contribution in [2.45, 2.75) is 31.8 Å². The maximum atomic E-state index is 12.0. The van der Waals surface area contributed by atoms with E-state index in [-0.39, 0.29) is 12.0 Å². The molecule has 3 N–H and O–H groups in total. The van der Waals surface area contributed by atoms with E-state index in [1.54, 1.807) is 45.7 Å². The second-order valence-corrected chi connectivity index (χ2v) is 8.51. The fourth-order valence-electron chi connectivity index (χ4n) is 4.39. The highest BCUT2D eigenvalue weighted by molar-refractivity contribution is 5.98. The van der Waals surface area contributed by atoms with Gasteiger partial charge in [0.25, 0.3) is 5.91 Å². The Balaban J connectivity index is 1.55. The van der Waals surface area contributed by atoms with Gasteiger partial charge in [0.2, 0.25) is 17.7 Å². The molecule has 0 spiro atoms. The molecular formula is C26H28N6O4. The number of amides is 1. The lowest BCUT2D eigenvalue weighted by Crippen LogP contribution is -2.17. The molecule has 0 aliphatic heterocycles. The van der Waals surface area contributed by atoms with Gasteiger partial charge in [-0.15, -0.1) is 0 Å². The number of benzene rings is 1. The molecule has 4 aromatic rings. The third-order valence-electron chi connectivity index (χ3n) is 6.27. The topological polar surface area (TPSA) is 123 Å². The van der Waals surface area contributed by atoms with E-state index in [4.69, 9.17) is 24.2 Å². The summed E-state index contributed by atoms with van der Waals surface area (Å²) in [6.07, 6.45) is 8.01. The summed E-state index contributed by atoms with van der Waals surface area (Å²) in [5.41, 5.74) is 3.54. The van der Waals surface area contributed by atoms with Crippen LogP contribution in [-0.4, -0.2) is 53.2 Å². The van der Waals surface area contributed by atoms with Crippen LogP contribution >= 0.6 is 0 Å². The summed E-state index contributed by atoms with van der Waals surface area (Å²) in [7, 11) is 4.72. The second-order valence-electron chi connectivity index (χ2n) is 8.51. The monoisotopic (exact) mass is 488 g/mol. The molecule has 1 fully saturated rings. The molecule has 0 saturated heterocycles. The van der Waals surface area contributed by atoms with Gasteiger partial charge in [-0.25, -0.2) is 4.98 Å². The molecule has 3 aromatic heterocycles. The van der Waals surface area contributed by atoms with Crippen molar-refractivity contribution < 1.29 is 19.0 Å². The molecule has 3 heterocycles. The zero-order valence-electron chi connectivity index (χ0n) is 20.4. The van der Waals surface area contributed by atoms with Crippen LogP contribution in [0.15, 0.2) is 42.7 Å². The largest absolute Gasteiger partial charge is 0.495 e. The van der Waals surface area contributed by atoms with Crippen molar-refractivity contribution in [2.24, 2.45) is 0 Å². The van der Waals surface area contributed by atoms with Gasteiger partial charge in [0.15, 0.2) is 0 Å². The van der Waals surface area contributed by atoms with Gasteiger partial charge >= 0.3 is 0 Å². The van der Waals surface area contributed by atoms with Crippen molar-refractivity contribution in [1.29, 1.82) is 0 Å². The number of anilines is 2. The van der Waals surface area contributed by atoms with Crippen LogP contribution in [0.3, 0.4) is 0 Å². The fourth-order valence-corrected chi connectivity index (χ4v) is 4.39. The van der Waals surface area contributed by atoms with Crippen molar-refractivity contribution in [3.8, 4) is 28.6 Å². The van der Waals surface area contributed by atoms with E-state index in [1.165, 1.54) is 0 Å². The van der Waals surface area contributed by atoms with Crippen LogP contribution < -0.4 is 24.8 Å². The number of H-pyrrole nitrogens is 1. The van der Waals surface area contributed by atoms with Gasteiger partial charge in [-0.2, -0.15) is 9.97 Å². The predicted molar refractivity (Wildman–Crippen MR) is 136 cm³/mol. The molecule has 0 radical (unpaired) electrons. The highest BCUT2D eigenvalue weighted by Gasteiger charge is 2.23. The lowest BCUT2D eigenvalue weighted by molar-refractivity contribution is 0.0962. The van der Waals surface area contributed by atoms with Crippen molar-refractivity contribution in [2.75, 3.05) is 26.6 Å². The molecule has 0 atom stereocenters.